The Balaban J connectivity index is 2.81. The van der Waals surface area contributed by atoms with Gasteiger partial charge in [0.2, 0.25) is 0 Å². The summed E-state index contributed by atoms with van der Waals surface area (Å²) < 4.78 is 4.74. The number of aromatic hydroxyl groups is 1. The molecule has 0 aliphatic rings. The van der Waals surface area contributed by atoms with Crippen molar-refractivity contribution in [1.29, 1.82) is 0 Å². The summed E-state index contributed by atoms with van der Waals surface area (Å²) in [4.78, 5) is 10.5. The van der Waals surface area contributed by atoms with E-state index < -0.39 is 17.5 Å². The van der Waals surface area contributed by atoms with Gasteiger partial charge in [0.15, 0.2) is 5.75 Å². The first-order chi connectivity index (χ1) is 6.20. The molecule has 0 bridgehead atoms. The van der Waals surface area contributed by atoms with Crippen LogP contribution in [0.1, 0.15) is 10.6 Å². The Morgan fingerprint density at radius 2 is 2.31 bits per heavy atom. The van der Waals surface area contributed by atoms with E-state index in [2.05, 4.69) is 10.2 Å². The molecule has 2 rings (SSSR count). The summed E-state index contributed by atoms with van der Waals surface area (Å²) in [5, 5.41) is 25.1. The summed E-state index contributed by atoms with van der Waals surface area (Å²) in [7, 11) is 0. The maximum absolute atomic E-state index is 10.5. The number of hydrogen-bond donors (Lipinski definition) is 2. The third kappa shape index (κ3) is 0.994. The lowest BCUT2D eigenvalue weighted by molar-refractivity contribution is 0.0660. The zero-order valence-corrected chi connectivity index (χ0v) is 6.26. The predicted molar refractivity (Wildman–Crippen MR) is 40.4 cm³/mol. The van der Waals surface area contributed by atoms with Crippen LogP contribution in [0.4, 0.5) is 0 Å². The second-order valence-electron chi connectivity index (χ2n) is 2.33. The molecule has 0 aliphatic carbocycles. The number of rotatable bonds is 1. The lowest BCUT2D eigenvalue weighted by Gasteiger charge is -1.85. The van der Waals surface area contributed by atoms with Gasteiger partial charge in [-0.3, -0.25) is 0 Å². The van der Waals surface area contributed by atoms with E-state index in [0.717, 1.165) is 0 Å². The fraction of sp³-hybridized carbons (Fsp3) is 0. The fourth-order valence-electron chi connectivity index (χ4n) is 0.987. The first kappa shape index (κ1) is 7.53. The van der Waals surface area contributed by atoms with E-state index in [-0.39, 0.29) is 11.1 Å². The Hall–Kier alpha value is -2.11. The molecule has 0 amide bonds. The molecule has 0 fully saturated rings. The van der Waals surface area contributed by atoms with Gasteiger partial charge in [-0.1, -0.05) is 0 Å². The molecule has 0 aliphatic heterocycles. The van der Waals surface area contributed by atoms with Crippen molar-refractivity contribution in [3.05, 3.63) is 18.0 Å². The Labute approximate surface area is 71.4 Å². The number of carboxylic acids is 1. The summed E-state index contributed by atoms with van der Waals surface area (Å²) in [6.07, 6.45) is 1.34. The first-order valence-corrected chi connectivity index (χ1v) is 3.36. The van der Waals surface area contributed by atoms with Gasteiger partial charge in [-0.05, 0) is 6.07 Å². The second kappa shape index (κ2) is 2.44. The van der Waals surface area contributed by atoms with Crippen molar-refractivity contribution < 1.29 is 19.4 Å². The molecular weight excluding hydrogens is 176 g/mol. The third-order valence-corrected chi connectivity index (χ3v) is 1.55. The van der Waals surface area contributed by atoms with Crippen LogP contribution in [-0.2, 0) is 0 Å². The number of carboxylic acid groups (broad SMARTS) is 1. The molecular formula is C7H4N2O4. The van der Waals surface area contributed by atoms with Gasteiger partial charge in [0, 0.05) is 0 Å². The van der Waals surface area contributed by atoms with Crippen molar-refractivity contribution in [2.24, 2.45) is 0 Å². The van der Waals surface area contributed by atoms with Crippen LogP contribution in [0, 0.1) is 0 Å². The average Bonchev–Trinajstić information content (AvgIpc) is 2.45. The minimum absolute atomic E-state index is 0.0115. The Morgan fingerprint density at radius 3 is 2.92 bits per heavy atom. The van der Waals surface area contributed by atoms with Crippen LogP contribution in [0.3, 0.4) is 0 Å². The Morgan fingerprint density at radius 1 is 1.54 bits per heavy atom. The first-order valence-electron chi connectivity index (χ1n) is 3.36. The van der Waals surface area contributed by atoms with E-state index in [4.69, 9.17) is 9.52 Å². The lowest BCUT2D eigenvalue weighted by Crippen LogP contribution is -1.92. The Bertz CT molecular complexity index is 476. The minimum atomic E-state index is -1.34. The topological polar surface area (TPSA) is 96.5 Å². The number of hydrogen-bond acceptors (Lipinski definition) is 5. The maximum Gasteiger partial charge on any atom is 0.375 e. The summed E-state index contributed by atoms with van der Waals surface area (Å²) >= 11 is 0. The molecule has 0 saturated heterocycles. The van der Waals surface area contributed by atoms with Crippen LogP contribution in [0.2, 0.25) is 0 Å². The van der Waals surface area contributed by atoms with Gasteiger partial charge in [-0.25, -0.2) is 4.79 Å². The van der Waals surface area contributed by atoms with Gasteiger partial charge in [-0.2, -0.15) is 5.10 Å². The van der Waals surface area contributed by atoms with Crippen molar-refractivity contribution in [2.75, 3.05) is 0 Å². The van der Waals surface area contributed by atoms with Crippen LogP contribution >= 0.6 is 0 Å². The van der Waals surface area contributed by atoms with Gasteiger partial charge in [0.1, 0.15) is 0 Å². The summed E-state index contributed by atoms with van der Waals surface area (Å²) in [6.45, 7) is 0. The van der Waals surface area contributed by atoms with E-state index >= 15 is 0 Å². The van der Waals surface area contributed by atoms with Crippen LogP contribution in [0.5, 0.6) is 5.75 Å². The number of furan rings is 1. The second-order valence-corrected chi connectivity index (χ2v) is 2.33. The number of fused-ring (bicyclic) bond motifs is 1. The molecule has 2 N–H and O–H groups in total. The minimum Gasteiger partial charge on any atom is -0.503 e. The monoisotopic (exact) mass is 180 g/mol. The van der Waals surface area contributed by atoms with E-state index in [1.54, 1.807) is 0 Å². The Kier molecular flexibility index (Phi) is 1.42. The van der Waals surface area contributed by atoms with Gasteiger partial charge in [-0.15, -0.1) is 5.10 Å². The molecule has 0 spiro atoms. The van der Waals surface area contributed by atoms with Gasteiger partial charge < -0.3 is 14.6 Å². The molecule has 0 aromatic carbocycles. The summed E-state index contributed by atoms with van der Waals surface area (Å²) in [5.41, 5.74) is 0.0115. The normalized spacial score (nSPS) is 10.5. The molecule has 0 radical (unpaired) electrons. The molecule has 2 aromatic rings. The molecule has 2 heterocycles. The van der Waals surface area contributed by atoms with Gasteiger partial charge >= 0.3 is 5.97 Å². The van der Waals surface area contributed by atoms with E-state index in [1.807, 2.05) is 0 Å². The molecule has 66 valence electrons. The van der Waals surface area contributed by atoms with E-state index in [9.17, 15) is 9.90 Å². The molecule has 0 atom stereocenters. The molecule has 13 heavy (non-hydrogen) atoms. The number of aromatic carboxylic acids is 1. The fourth-order valence-corrected chi connectivity index (χ4v) is 0.987. The number of aromatic nitrogens is 2. The predicted octanol–water partition coefficient (Wildman–Crippen LogP) is 0.627. The zero-order valence-electron chi connectivity index (χ0n) is 6.26. The lowest BCUT2D eigenvalue weighted by atomic mass is 10.3. The number of carbonyl (C=O) groups is 1. The van der Waals surface area contributed by atoms with Gasteiger partial charge in [0.25, 0.3) is 11.5 Å². The molecule has 6 nitrogen and oxygen atoms in total. The highest BCUT2D eigenvalue weighted by molar-refractivity contribution is 5.96. The third-order valence-electron chi connectivity index (χ3n) is 1.55. The van der Waals surface area contributed by atoms with Crippen molar-refractivity contribution in [1.82, 2.24) is 10.2 Å². The van der Waals surface area contributed by atoms with E-state index in [1.165, 1.54) is 12.3 Å². The summed E-state index contributed by atoms with van der Waals surface area (Å²) in [6, 6.07) is 1.42. The maximum atomic E-state index is 10.5. The van der Waals surface area contributed by atoms with Gasteiger partial charge in [0.05, 0.1) is 11.6 Å². The van der Waals surface area contributed by atoms with Crippen LogP contribution in [0.15, 0.2) is 16.7 Å². The SMILES string of the molecule is O=C(O)c1oc2nnccc2c1O. The smallest absolute Gasteiger partial charge is 0.375 e. The van der Waals surface area contributed by atoms with Crippen LogP contribution in [0.25, 0.3) is 11.1 Å². The average molecular weight is 180 g/mol. The summed E-state index contributed by atoms with van der Waals surface area (Å²) in [5.74, 6) is -2.27. The van der Waals surface area contributed by atoms with Crippen LogP contribution in [-0.4, -0.2) is 26.4 Å². The standard InChI is InChI=1S/C7H4N2O4/c10-4-3-1-2-8-9-6(3)13-5(4)7(11)12/h1-2,10H,(H,11,12). The van der Waals surface area contributed by atoms with E-state index in [0.29, 0.717) is 0 Å². The van der Waals surface area contributed by atoms with Crippen LogP contribution < -0.4 is 0 Å². The van der Waals surface area contributed by atoms with Crippen molar-refractivity contribution >= 4 is 17.1 Å². The van der Waals surface area contributed by atoms with Crippen molar-refractivity contribution in [2.45, 2.75) is 0 Å². The molecule has 6 heteroatoms. The highest BCUT2D eigenvalue weighted by Gasteiger charge is 2.19. The zero-order chi connectivity index (χ0) is 9.42. The highest BCUT2D eigenvalue weighted by atomic mass is 16.4. The largest absolute Gasteiger partial charge is 0.503 e. The molecule has 0 saturated carbocycles. The molecule has 2 aromatic heterocycles. The van der Waals surface area contributed by atoms with Crippen molar-refractivity contribution in [3.63, 3.8) is 0 Å². The number of nitrogens with zero attached hydrogens (tertiary/aromatic N) is 2. The van der Waals surface area contributed by atoms with Crippen molar-refractivity contribution in [3.8, 4) is 5.75 Å². The molecule has 0 unspecified atom stereocenters. The highest BCUT2D eigenvalue weighted by Crippen LogP contribution is 2.29. The quantitative estimate of drug-likeness (QED) is 0.667.